The largest absolute Gasteiger partial charge is 0.482 e. The zero-order valence-corrected chi connectivity index (χ0v) is 10.0. The van der Waals surface area contributed by atoms with Gasteiger partial charge in [-0.25, -0.2) is 0 Å². The molecule has 0 bridgehead atoms. The Kier molecular flexibility index (Phi) is 3.06. The highest BCUT2D eigenvalue weighted by Gasteiger charge is 2.29. The number of aryl methyl sites for hydroxylation is 1. The Hall–Kier alpha value is -1.22. The molecule has 1 aromatic rings. The molecule has 0 spiro atoms. The van der Waals surface area contributed by atoms with Gasteiger partial charge in [-0.05, 0) is 18.1 Å². The molecule has 0 fully saturated rings. The van der Waals surface area contributed by atoms with Gasteiger partial charge in [0.05, 0.1) is 6.54 Å². The second kappa shape index (κ2) is 4.34. The summed E-state index contributed by atoms with van der Waals surface area (Å²) in [6.45, 7) is 3.92. The van der Waals surface area contributed by atoms with E-state index in [1.165, 1.54) is 11.1 Å². The summed E-state index contributed by atoms with van der Waals surface area (Å²) < 4.78 is 5.93. The van der Waals surface area contributed by atoms with Gasteiger partial charge in [0, 0.05) is 13.0 Å². The maximum absolute atomic E-state index is 5.93. The summed E-state index contributed by atoms with van der Waals surface area (Å²) in [5.41, 5.74) is 2.52. The van der Waals surface area contributed by atoms with Crippen molar-refractivity contribution < 1.29 is 4.74 Å². The van der Waals surface area contributed by atoms with Crippen molar-refractivity contribution in [2.45, 2.75) is 19.4 Å². The highest BCUT2D eigenvalue weighted by Crippen LogP contribution is 2.32. The zero-order chi connectivity index (χ0) is 10.3. The molecule has 4 heteroatoms. The van der Waals surface area contributed by atoms with Crippen LogP contribution in [0.3, 0.4) is 0 Å². The number of fused-ring (bicyclic) bond motifs is 1. The number of halogens is 1. The van der Waals surface area contributed by atoms with Gasteiger partial charge >= 0.3 is 0 Å². The van der Waals surface area contributed by atoms with Gasteiger partial charge in [0.15, 0.2) is 6.10 Å². The fourth-order valence-electron chi connectivity index (χ4n) is 2.21. The summed E-state index contributed by atoms with van der Waals surface area (Å²) in [4.78, 5) is 4.41. The van der Waals surface area contributed by atoms with Crippen molar-refractivity contribution in [2.75, 3.05) is 13.1 Å². The van der Waals surface area contributed by atoms with E-state index < -0.39 is 0 Å². The summed E-state index contributed by atoms with van der Waals surface area (Å²) in [5, 5.41) is 3.28. The van der Waals surface area contributed by atoms with Crippen LogP contribution in [0.1, 0.15) is 11.1 Å². The van der Waals surface area contributed by atoms with Crippen LogP contribution in [0.15, 0.2) is 23.2 Å². The molecule has 0 saturated carbocycles. The third-order valence-electron chi connectivity index (χ3n) is 2.96. The highest BCUT2D eigenvalue weighted by atomic mass is 35.5. The van der Waals surface area contributed by atoms with E-state index in [0.29, 0.717) is 0 Å². The number of nitrogens with one attached hydrogen (secondary N) is 1. The molecule has 86 valence electrons. The molecule has 1 unspecified atom stereocenters. The van der Waals surface area contributed by atoms with Gasteiger partial charge in [0.2, 0.25) is 0 Å². The Morgan fingerprint density at radius 3 is 3.00 bits per heavy atom. The molecule has 1 N–H and O–H groups in total. The SMILES string of the molecule is Cc1cccc2c1OC(C1=NCCN1)C2.Cl. The molecule has 0 aromatic heterocycles. The van der Waals surface area contributed by atoms with Gasteiger partial charge in [0.25, 0.3) is 0 Å². The fourth-order valence-corrected chi connectivity index (χ4v) is 2.21. The van der Waals surface area contributed by atoms with Crippen molar-refractivity contribution >= 4 is 18.2 Å². The van der Waals surface area contributed by atoms with Crippen LogP contribution >= 0.6 is 12.4 Å². The average Bonchev–Trinajstić information content (AvgIpc) is 2.86. The summed E-state index contributed by atoms with van der Waals surface area (Å²) in [6.07, 6.45) is 1.06. The van der Waals surface area contributed by atoms with Gasteiger partial charge in [-0.1, -0.05) is 18.2 Å². The number of aliphatic imine (C=N–C) groups is 1. The molecule has 1 atom stereocenters. The van der Waals surface area contributed by atoms with Crippen LogP contribution in [-0.4, -0.2) is 25.0 Å². The normalized spacial score (nSPS) is 21.6. The van der Waals surface area contributed by atoms with E-state index in [9.17, 15) is 0 Å². The van der Waals surface area contributed by atoms with Crippen LogP contribution in [0.25, 0.3) is 0 Å². The minimum absolute atomic E-state index is 0. The number of rotatable bonds is 1. The molecule has 0 aliphatic carbocycles. The first-order valence-corrected chi connectivity index (χ1v) is 5.38. The molecule has 2 aliphatic rings. The summed E-state index contributed by atoms with van der Waals surface area (Å²) >= 11 is 0. The second-order valence-corrected chi connectivity index (χ2v) is 4.07. The van der Waals surface area contributed by atoms with E-state index in [1.54, 1.807) is 0 Å². The molecule has 16 heavy (non-hydrogen) atoms. The minimum Gasteiger partial charge on any atom is -0.482 e. The molecule has 1 aromatic carbocycles. The first kappa shape index (κ1) is 11.3. The quantitative estimate of drug-likeness (QED) is 0.809. The van der Waals surface area contributed by atoms with Gasteiger partial charge < -0.3 is 10.1 Å². The predicted molar refractivity (Wildman–Crippen MR) is 66.9 cm³/mol. The Morgan fingerprint density at radius 1 is 1.44 bits per heavy atom. The van der Waals surface area contributed by atoms with Gasteiger partial charge in [0.1, 0.15) is 11.6 Å². The molecule has 3 rings (SSSR count). The summed E-state index contributed by atoms with van der Waals surface area (Å²) in [5.74, 6) is 2.07. The number of hydrogen-bond donors (Lipinski definition) is 1. The minimum atomic E-state index is 0. The van der Waals surface area contributed by atoms with Gasteiger partial charge in [-0.2, -0.15) is 0 Å². The number of amidine groups is 1. The number of benzene rings is 1. The Labute approximate surface area is 101 Å². The smallest absolute Gasteiger partial charge is 0.159 e. The molecule has 0 radical (unpaired) electrons. The fraction of sp³-hybridized carbons (Fsp3) is 0.417. The van der Waals surface area contributed by atoms with Crippen LogP contribution in [0, 0.1) is 6.92 Å². The van der Waals surface area contributed by atoms with E-state index in [4.69, 9.17) is 4.74 Å². The monoisotopic (exact) mass is 238 g/mol. The lowest BCUT2D eigenvalue weighted by molar-refractivity contribution is 0.296. The maximum atomic E-state index is 5.93. The first-order chi connectivity index (χ1) is 7.34. The molecule has 3 nitrogen and oxygen atoms in total. The average molecular weight is 239 g/mol. The maximum Gasteiger partial charge on any atom is 0.159 e. The zero-order valence-electron chi connectivity index (χ0n) is 9.19. The molecular weight excluding hydrogens is 224 g/mol. The predicted octanol–water partition coefficient (Wildman–Crippen LogP) is 1.72. The third-order valence-corrected chi connectivity index (χ3v) is 2.96. The molecule has 0 saturated heterocycles. The molecule has 2 heterocycles. The van der Waals surface area contributed by atoms with Crippen molar-refractivity contribution in [1.82, 2.24) is 5.32 Å². The van der Waals surface area contributed by atoms with Crippen LogP contribution in [-0.2, 0) is 6.42 Å². The Bertz CT molecular complexity index is 431. The van der Waals surface area contributed by atoms with E-state index in [-0.39, 0.29) is 18.5 Å². The Balaban J connectivity index is 0.000000963. The van der Waals surface area contributed by atoms with Crippen LogP contribution in [0.2, 0.25) is 0 Å². The van der Waals surface area contributed by atoms with Crippen LogP contribution in [0.4, 0.5) is 0 Å². The van der Waals surface area contributed by atoms with Crippen LogP contribution < -0.4 is 10.1 Å². The van der Waals surface area contributed by atoms with E-state index in [1.807, 2.05) is 0 Å². The lowest BCUT2D eigenvalue weighted by Gasteiger charge is -2.11. The van der Waals surface area contributed by atoms with E-state index in [2.05, 4.69) is 35.4 Å². The van der Waals surface area contributed by atoms with Crippen molar-refractivity contribution in [3.63, 3.8) is 0 Å². The third kappa shape index (κ3) is 1.76. The van der Waals surface area contributed by atoms with Crippen molar-refractivity contribution in [3.05, 3.63) is 29.3 Å². The van der Waals surface area contributed by atoms with Crippen LogP contribution in [0.5, 0.6) is 5.75 Å². The van der Waals surface area contributed by atoms with Crippen molar-refractivity contribution in [1.29, 1.82) is 0 Å². The highest BCUT2D eigenvalue weighted by molar-refractivity contribution is 5.89. The second-order valence-electron chi connectivity index (χ2n) is 4.07. The topological polar surface area (TPSA) is 33.6 Å². The van der Waals surface area contributed by atoms with Gasteiger partial charge in [-0.15, -0.1) is 12.4 Å². The number of nitrogens with zero attached hydrogens (tertiary/aromatic N) is 1. The van der Waals surface area contributed by atoms with Gasteiger partial charge in [-0.3, -0.25) is 4.99 Å². The molecular formula is C12H15ClN2O. The lowest BCUT2D eigenvalue weighted by Crippen LogP contribution is -2.34. The standard InChI is InChI=1S/C12H14N2O.ClH/c1-8-3-2-4-9-7-10(15-11(8)9)12-13-5-6-14-12;/h2-4,10H,5-7H2,1H3,(H,13,14);1H. The molecule has 2 aliphatic heterocycles. The number of hydrogen-bond acceptors (Lipinski definition) is 3. The van der Waals surface area contributed by atoms with E-state index >= 15 is 0 Å². The van der Waals surface area contributed by atoms with Crippen molar-refractivity contribution in [2.24, 2.45) is 4.99 Å². The van der Waals surface area contributed by atoms with E-state index in [0.717, 1.165) is 31.1 Å². The number of ether oxygens (including phenoxy) is 1. The summed E-state index contributed by atoms with van der Waals surface area (Å²) in [7, 11) is 0. The number of para-hydroxylation sites is 1. The first-order valence-electron chi connectivity index (χ1n) is 5.38. The van der Waals surface area contributed by atoms with Crippen molar-refractivity contribution in [3.8, 4) is 5.75 Å². The Morgan fingerprint density at radius 2 is 2.31 bits per heavy atom. The summed E-state index contributed by atoms with van der Waals surface area (Å²) in [6, 6.07) is 6.31. The lowest BCUT2D eigenvalue weighted by atomic mass is 10.1. The molecule has 0 amide bonds.